The summed E-state index contributed by atoms with van der Waals surface area (Å²) in [6.45, 7) is -0.601. The number of allylic oxidation sites excluding steroid dienone is 1. The van der Waals surface area contributed by atoms with Gasteiger partial charge in [-0.1, -0.05) is 158 Å². The molecule has 3 aliphatic rings. The number of carbonyl (C=O) groups excluding carboxylic acids is 17. The van der Waals surface area contributed by atoms with Crippen LogP contribution in [0, 0.1) is 11.3 Å². The number of benzene rings is 2. The number of amides is 14. The number of para-hydroxylation sites is 1. The highest BCUT2D eigenvalue weighted by molar-refractivity contribution is 6.01. The molecular weight excluding hydrogens is 1890 g/mol. The number of nitrogens with one attached hydrogen (secondary N) is 16. The molecule has 14 amide bonds. The molecule has 2 aromatic carbocycles. The van der Waals surface area contributed by atoms with E-state index in [4.69, 9.17) is 32.1 Å². The van der Waals surface area contributed by atoms with Crippen molar-refractivity contribution in [2.24, 2.45) is 28.1 Å². The highest BCUT2D eigenvalue weighted by Gasteiger charge is 2.45. The molecule has 2 saturated heterocycles. The highest BCUT2D eigenvalue weighted by atomic mass is 16.5. The number of carboxylic acids is 1. The molecule has 13 atom stereocenters. The van der Waals surface area contributed by atoms with Gasteiger partial charge < -0.3 is 121 Å². The van der Waals surface area contributed by atoms with Gasteiger partial charge in [0.05, 0.1) is 45.1 Å². The van der Waals surface area contributed by atoms with Gasteiger partial charge in [-0.05, 0) is 98.8 Å². The van der Waals surface area contributed by atoms with E-state index in [1.165, 1.54) is 51.7 Å². The van der Waals surface area contributed by atoms with Crippen LogP contribution in [0.5, 0.6) is 0 Å². The molecule has 5 heterocycles. The highest BCUT2D eigenvalue weighted by Crippen LogP contribution is 2.26. The second kappa shape index (κ2) is 66.6. The summed E-state index contributed by atoms with van der Waals surface area (Å²) in [5.41, 5.74) is 19.3. The van der Waals surface area contributed by atoms with Gasteiger partial charge in [0.2, 0.25) is 82.7 Å². The summed E-state index contributed by atoms with van der Waals surface area (Å²) in [6, 6.07) is -1.21. The molecule has 0 unspecified atom stereocenters. The largest absolute Gasteiger partial charge is 0.481 e. The number of ether oxygens (including phenoxy) is 2. The van der Waals surface area contributed by atoms with Crippen molar-refractivity contribution < 1.29 is 111 Å². The number of nitrogens with zero attached hydrogens (tertiary/aromatic N) is 5. The van der Waals surface area contributed by atoms with Crippen molar-refractivity contribution in [3.63, 3.8) is 0 Å². The van der Waals surface area contributed by atoms with Crippen molar-refractivity contribution in [1.82, 2.24) is 99.6 Å². The number of carbonyl (C=O) groups is 18. The zero-order valence-corrected chi connectivity index (χ0v) is 83.6. The number of unbranched alkanes of at least 4 members (excludes halogenated alkanes) is 13. The quantitative estimate of drug-likeness (QED) is 0.0157. The molecule has 804 valence electrons. The number of aliphatic hydroxyl groups is 2. The lowest BCUT2D eigenvalue weighted by Crippen LogP contribution is -2.61. The van der Waals surface area contributed by atoms with E-state index in [0.29, 0.717) is 55.3 Å². The van der Waals surface area contributed by atoms with Crippen molar-refractivity contribution in [2.45, 2.75) is 324 Å². The van der Waals surface area contributed by atoms with Gasteiger partial charge in [0.25, 0.3) is 0 Å². The minimum absolute atomic E-state index is 0.00267. The molecule has 0 saturated carbocycles. The van der Waals surface area contributed by atoms with E-state index in [0.717, 1.165) is 66.6 Å². The summed E-state index contributed by atoms with van der Waals surface area (Å²) in [6.07, 6.45) is 17.7. The fraction of sp³-hybridized carbons (Fsp3) is 0.626. The maximum absolute atomic E-state index is 15.4. The summed E-state index contributed by atoms with van der Waals surface area (Å²) in [5.74, 6) is -15.3. The number of hydrogen-bond donors (Lipinski definition) is 22. The van der Waals surface area contributed by atoms with Crippen LogP contribution in [0.15, 0.2) is 77.6 Å². The fourth-order valence-corrected chi connectivity index (χ4v) is 17.2. The van der Waals surface area contributed by atoms with Gasteiger partial charge >= 0.3 is 5.97 Å². The Bertz CT molecular complexity index is 4980. The minimum Gasteiger partial charge on any atom is -0.481 e. The lowest BCUT2D eigenvalue weighted by molar-refractivity contribution is -0.143. The number of primary amides is 1. The van der Waals surface area contributed by atoms with Crippen LogP contribution < -0.4 is 86.3 Å². The van der Waals surface area contributed by atoms with E-state index in [-0.39, 0.29) is 147 Å². The lowest BCUT2D eigenvalue weighted by atomic mass is 9.93. The third-order valence-corrected chi connectivity index (χ3v) is 25.4. The first-order chi connectivity index (χ1) is 70.2. The first kappa shape index (κ1) is 120. The number of aliphatic hydroxyl groups excluding tert-OH is 2. The van der Waals surface area contributed by atoms with Gasteiger partial charge in [0.15, 0.2) is 11.7 Å². The fourth-order valence-electron chi connectivity index (χ4n) is 17.2. The molecule has 2 aromatic heterocycles. The Morgan fingerprint density at radius 2 is 1.23 bits per heavy atom. The van der Waals surface area contributed by atoms with Gasteiger partial charge in [-0.3, -0.25) is 96.7 Å². The zero-order chi connectivity index (χ0) is 106. The van der Waals surface area contributed by atoms with E-state index in [1.54, 1.807) is 55.6 Å². The Hall–Kier alpha value is -13.4. The molecular formula is C99H150N24O23. The average Bonchev–Trinajstić information content (AvgIpc) is 1.64. The van der Waals surface area contributed by atoms with Gasteiger partial charge in [-0.2, -0.15) is 0 Å². The normalized spacial score (nSPS) is 18.9. The smallest absolute Gasteiger partial charge is 0.303 e. The van der Waals surface area contributed by atoms with E-state index in [9.17, 15) is 82.4 Å². The van der Waals surface area contributed by atoms with Crippen LogP contribution in [0.2, 0.25) is 0 Å². The van der Waals surface area contributed by atoms with Crippen LogP contribution in [0.25, 0.3) is 10.9 Å². The molecule has 47 nitrogen and oxygen atoms in total. The number of ketones is 3. The topological polar surface area (TPSA) is 731 Å². The number of H-pyrrole nitrogens is 2. The Morgan fingerprint density at radius 3 is 1.90 bits per heavy atom. The number of aromatic amines is 2. The Balaban J connectivity index is 0.934. The van der Waals surface area contributed by atoms with Gasteiger partial charge in [-0.15, -0.1) is 5.10 Å². The molecule has 2 fully saturated rings. The number of tetrazole rings is 1. The molecule has 0 spiro atoms. The number of Topliss-reactive ketones (excluding diaryl/α,β-unsaturated/α-hetero) is 3. The summed E-state index contributed by atoms with van der Waals surface area (Å²) >= 11 is 0. The summed E-state index contributed by atoms with van der Waals surface area (Å²) in [7, 11) is 0. The van der Waals surface area contributed by atoms with Crippen LogP contribution in [-0.4, -0.2) is 302 Å². The number of aliphatic carboxylic acids is 1. The van der Waals surface area contributed by atoms with E-state index in [2.05, 4.69) is 99.7 Å². The Kier molecular flexibility index (Phi) is 54.5. The first-order valence-corrected chi connectivity index (χ1v) is 50.9. The molecule has 47 heteroatoms. The zero-order valence-electron chi connectivity index (χ0n) is 83.6. The third-order valence-electron chi connectivity index (χ3n) is 25.4. The molecule has 4 aromatic rings. The Labute approximate surface area is 848 Å². The molecule has 0 bridgehead atoms. The molecule has 7 rings (SSSR count). The van der Waals surface area contributed by atoms with Crippen LogP contribution >= 0.6 is 0 Å². The summed E-state index contributed by atoms with van der Waals surface area (Å²) < 4.78 is 10.9. The number of hydrogen-bond acceptors (Lipinski definition) is 28. The SMILES string of the molecule is CCCC[C@H](NC(=O)[C@H](CC1=CCC=N1)NC(=O)[C@H](CN)NC(=O)[C@@H](CO)NC(=O)[C@H](CCC(N)=O)NC(=O)CNC(=O)COCCOCCNC(=O)[C@H](CCC(=O)O)CC(=O)CCCCCCCCCCCCCCCc1nnn[nH]1)C(=O)N[C@H]1CCC(=O)CCCCC[C@@H](C(C)=O)NC(=O)[C@H](Cc2c[nH]c3ccccc23)NC(=O)[C@H](CCCNC(=N)N)NC(=O)[C@@H](Cc2ccccc2)NC(=O)[C@@H]2C[C@@H](O)CN2C1=O. The van der Waals surface area contributed by atoms with Crippen molar-refractivity contribution in [3.05, 3.63) is 89.5 Å². The van der Waals surface area contributed by atoms with Gasteiger partial charge in [-0.25, -0.2) is 5.10 Å². The maximum Gasteiger partial charge on any atom is 0.303 e. The standard InChI is InChI=1S/C99H150N24O23/c1-3-4-34-73(89(135)113-76-41-40-67(126)31-21-17-22-35-71(62(2)125)110-93(139)78(53-65-57-107-72-36-25-24-33-70(65)72)114-90(136)74(37-27-46-106-99(102)103)112-92(138)77(51-63-28-18-16-19-29-63)116-97(143)82-55-69(128)59-123(82)98(76)144)111-94(140)79(54-66-30-26-45-104-66)115-95(141)80(56-100)117-96(142)81(60-124)118-91(137)75(42-43-83(101)129)109-85(130)58-108-86(131)61-146-50-49-145-48-47-105-88(134)64(39-44-87(132)133)52-68(127)32-20-14-12-10-8-6-5-7-9-11-13-15-23-38-84-119-121-122-120-84/h16,18-19,24-25,28-30,33,36,45,57,64,69,71,73-82,107,124,128H,3-15,17,20-23,26-27,31-32,34-35,37-44,46-56,58-61,100H2,1-2H3,(H2,101,129)(H,105,134)(H,108,131)(H,109,130)(H,110,139)(H,111,140)(H,112,138)(H,113,135)(H,114,136)(H,115,141)(H,116,143)(H,117,142)(H,118,137)(H,132,133)(H4,102,103,106)(H,119,120,121,122)/t64-,69-,71+,73+,74+,75+,76+,77-,78+,79+,80+,81-,82+/m1/s1. The minimum atomic E-state index is -1.89. The predicted molar refractivity (Wildman–Crippen MR) is 535 cm³/mol. The van der Waals surface area contributed by atoms with Gasteiger partial charge in [0, 0.05) is 138 Å². The maximum atomic E-state index is 15.4. The van der Waals surface area contributed by atoms with Crippen molar-refractivity contribution in [1.29, 1.82) is 5.41 Å². The Morgan fingerprint density at radius 1 is 0.603 bits per heavy atom. The first-order valence-electron chi connectivity index (χ1n) is 50.9. The predicted octanol–water partition coefficient (Wildman–Crippen LogP) is 0.00677. The van der Waals surface area contributed by atoms with Crippen LogP contribution in [-0.2, 0) is 115 Å². The second-order valence-corrected chi connectivity index (χ2v) is 37.2. The molecule has 146 heavy (non-hydrogen) atoms. The van der Waals surface area contributed by atoms with E-state index in [1.807, 2.05) is 18.2 Å². The number of fused-ring (bicyclic) bond motifs is 2. The average molecular weight is 2040 g/mol. The summed E-state index contributed by atoms with van der Waals surface area (Å²) in [4.78, 5) is 259. The van der Waals surface area contributed by atoms with Crippen molar-refractivity contribution in [2.75, 3.05) is 65.8 Å². The van der Waals surface area contributed by atoms with Crippen LogP contribution in [0.4, 0.5) is 0 Å². The molecule has 0 radical (unpaired) electrons. The number of guanidine groups is 1. The van der Waals surface area contributed by atoms with Crippen LogP contribution in [0.3, 0.4) is 0 Å². The number of nitrogens with two attached hydrogens (primary N) is 3. The lowest BCUT2D eigenvalue weighted by Gasteiger charge is -2.31. The van der Waals surface area contributed by atoms with E-state index < -0.39 is 225 Å². The molecule has 3 aliphatic heterocycles. The van der Waals surface area contributed by atoms with Crippen molar-refractivity contribution in [3.8, 4) is 0 Å². The molecule has 25 N–H and O–H groups in total. The number of aliphatic imine (C=N–C) groups is 1. The van der Waals surface area contributed by atoms with Crippen molar-refractivity contribution >= 4 is 129 Å². The number of carboxylic acid groups (broad SMARTS) is 1. The molecule has 0 aliphatic carbocycles. The number of aryl methyl sites for hydroxylation is 1. The van der Waals surface area contributed by atoms with Gasteiger partial charge in [0.1, 0.15) is 84.4 Å². The summed E-state index contributed by atoms with van der Waals surface area (Å²) in [5, 5.41) is 87.4. The monoisotopic (exact) mass is 2040 g/mol. The third kappa shape index (κ3) is 45.1. The number of rotatable bonds is 62. The van der Waals surface area contributed by atoms with E-state index >= 15 is 19.2 Å². The second-order valence-electron chi connectivity index (χ2n) is 37.2. The number of aromatic nitrogens is 5. The van der Waals surface area contributed by atoms with Crippen LogP contribution in [0.1, 0.15) is 249 Å².